The highest BCUT2D eigenvalue weighted by molar-refractivity contribution is 6.42. The van der Waals surface area contributed by atoms with Gasteiger partial charge in [0.2, 0.25) is 11.8 Å². The zero-order chi connectivity index (χ0) is 23.2. The molecule has 3 amide bonds. The third-order valence-corrected chi connectivity index (χ3v) is 8.16. The summed E-state index contributed by atoms with van der Waals surface area (Å²) in [6.45, 7) is 3.99. The topological polar surface area (TPSA) is 81.2 Å². The third-order valence-electron chi connectivity index (χ3n) is 7.42. The quantitative estimate of drug-likeness (QED) is 0.642. The van der Waals surface area contributed by atoms with E-state index in [0.717, 1.165) is 18.4 Å². The van der Waals surface area contributed by atoms with Gasteiger partial charge in [-0.3, -0.25) is 9.59 Å². The first kappa shape index (κ1) is 25.9. The van der Waals surface area contributed by atoms with Crippen LogP contribution in [0, 0.1) is 11.3 Å². The van der Waals surface area contributed by atoms with E-state index in [0.29, 0.717) is 49.1 Å². The van der Waals surface area contributed by atoms with Crippen molar-refractivity contribution >= 4 is 53.5 Å². The fourth-order valence-corrected chi connectivity index (χ4v) is 5.25. The molecule has 33 heavy (non-hydrogen) atoms. The van der Waals surface area contributed by atoms with E-state index in [4.69, 9.17) is 23.2 Å². The summed E-state index contributed by atoms with van der Waals surface area (Å²) in [5, 5.41) is 10.4. The molecule has 2 aliphatic heterocycles. The van der Waals surface area contributed by atoms with E-state index in [9.17, 15) is 19.5 Å². The SMILES string of the molecule is CN(C(=O)O)[C@H]1CN(C(=O)C2CCN(C(=O)C3(C)CC3)CC2)C[C@@H]1c1ccc(Cl)c(Cl)c1.Cl. The number of likely N-dealkylation sites (N-methyl/N-ethyl adjacent to an activating group) is 1. The van der Waals surface area contributed by atoms with E-state index in [-0.39, 0.29) is 47.5 Å². The van der Waals surface area contributed by atoms with Gasteiger partial charge in [-0.05, 0) is 43.4 Å². The highest BCUT2D eigenvalue weighted by atomic mass is 35.5. The molecular formula is C23H30Cl3N3O4. The van der Waals surface area contributed by atoms with Gasteiger partial charge in [0, 0.05) is 50.5 Å². The lowest BCUT2D eigenvalue weighted by Gasteiger charge is -2.34. The van der Waals surface area contributed by atoms with Crippen LogP contribution in [-0.2, 0) is 9.59 Å². The molecule has 2 saturated heterocycles. The molecule has 0 radical (unpaired) electrons. The van der Waals surface area contributed by atoms with Gasteiger partial charge in [0.05, 0.1) is 16.1 Å². The molecule has 0 unspecified atom stereocenters. The molecule has 1 aliphatic carbocycles. The van der Waals surface area contributed by atoms with Crippen LogP contribution in [0.25, 0.3) is 0 Å². The fourth-order valence-electron chi connectivity index (χ4n) is 4.94. The predicted molar refractivity (Wildman–Crippen MR) is 129 cm³/mol. The van der Waals surface area contributed by atoms with Crippen molar-refractivity contribution in [2.24, 2.45) is 11.3 Å². The van der Waals surface area contributed by atoms with Crippen LogP contribution >= 0.6 is 35.6 Å². The molecule has 4 rings (SSSR count). The molecule has 1 saturated carbocycles. The van der Waals surface area contributed by atoms with E-state index in [2.05, 4.69) is 0 Å². The summed E-state index contributed by atoms with van der Waals surface area (Å²) in [7, 11) is 1.54. The van der Waals surface area contributed by atoms with E-state index in [1.54, 1.807) is 17.0 Å². The normalized spacial score (nSPS) is 24.2. The van der Waals surface area contributed by atoms with Crippen molar-refractivity contribution in [2.45, 2.75) is 44.6 Å². The third kappa shape index (κ3) is 5.20. The van der Waals surface area contributed by atoms with Crippen LogP contribution in [0.4, 0.5) is 4.79 Å². The summed E-state index contributed by atoms with van der Waals surface area (Å²) in [5.41, 5.74) is 0.680. The molecule has 1 aromatic rings. The summed E-state index contributed by atoms with van der Waals surface area (Å²) < 4.78 is 0. The lowest BCUT2D eigenvalue weighted by atomic mass is 9.93. The predicted octanol–water partition coefficient (Wildman–Crippen LogP) is 4.36. The second kappa shape index (κ2) is 9.88. The Hall–Kier alpha value is -1.70. The summed E-state index contributed by atoms with van der Waals surface area (Å²) in [4.78, 5) is 42.6. The van der Waals surface area contributed by atoms with Crippen LogP contribution in [0.2, 0.25) is 10.0 Å². The number of benzene rings is 1. The Morgan fingerprint density at radius 1 is 1.06 bits per heavy atom. The Morgan fingerprint density at radius 3 is 2.24 bits per heavy atom. The minimum absolute atomic E-state index is 0. The first-order valence-electron chi connectivity index (χ1n) is 11.1. The number of carboxylic acid groups (broad SMARTS) is 1. The number of hydrogen-bond donors (Lipinski definition) is 1. The highest BCUT2D eigenvalue weighted by Crippen LogP contribution is 2.47. The Bertz CT molecular complexity index is 932. The van der Waals surface area contributed by atoms with E-state index < -0.39 is 6.09 Å². The summed E-state index contributed by atoms with van der Waals surface area (Å²) in [6, 6.07) is 4.94. The molecule has 182 valence electrons. The molecular weight excluding hydrogens is 489 g/mol. The fraction of sp³-hybridized carbons (Fsp3) is 0.609. The molecule has 10 heteroatoms. The van der Waals surface area contributed by atoms with Gasteiger partial charge in [-0.25, -0.2) is 4.79 Å². The molecule has 3 fully saturated rings. The summed E-state index contributed by atoms with van der Waals surface area (Å²) >= 11 is 12.3. The largest absolute Gasteiger partial charge is 0.465 e. The standard InChI is InChI=1S/C23H29Cl2N3O4.ClH/c1-23(7-8-23)21(30)27-9-5-14(6-10-27)20(29)28-12-16(19(13-28)26(2)22(31)32)15-3-4-17(24)18(25)11-15;/h3-4,11,14,16,19H,5-10,12-13H2,1-2H3,(H,31,32);1H/t16-,19+;/m1./s1. The van der Waals surface area contributed by atoms with Crippen molar-refractivity contribution in [2.75, 3.05) is 33.2 Å². The van der Waals surface area contributed by atoms with Crippen LogP contribution < -0.4 is 0 Å². The van der Waals surface area contributed by atoms with E-state index >= 15 is 0 Å². The van der Waals surface area contributed by atoms with Crippen LogP contribution in [0.15, 0.2) is 18.2 Å². The second-order valence-corrected chi connectivity index (χ2v) is 10.4. The number of piperidine rings is 1. The van der Waals surface area contributed by atoms with Gasteiger partial charge in [0.1, 0.15) is 0 Å². The minimum atomic E-state index is -1.03. The van der Waals surface area contributed by atoms with Crippen molar-refractivity contribution < 1.29 is 19.5 Å². The number of nitrogens with zero attached hydrogens (tertiary/aromatic N) is 3. The van der Waals surface area contributed by atoms with Gasteiger partial charge in [-0.1, -0.05) is 36.2 Å². The van der Waals surface area contributed by atoms with Gasteiger partial charge >= 0.3 is 6.09 Å². The maximum absolute atomic E-state index is 13.3. The Kier molecular flexibility index (Phi) is 7.76. The van der Waals surface area contributed by atoms with Crippen molar-refractivity contribution in [1.29, 1.82) is 0 Å². The van der Waals surface area contributed by atoms with Gasteiger partial charge < -0.3 is 19.8 Å². The minimum Gasteiger partial charge on any atom is -0.465 e. The van der Waals surface area contributed by atoms with E-state index in [1.807, 2.05) is 17.9 Å². The van der Waals surface area contributed by atoms with Gasteiger partial charge in [0.15, 0.2) is 0 Å². The molecule has 0 spiro atoms. The van der Waals surface area contributed by atoms with Crippen LogP contribution in [0.1, 0.15) is 44.1 Å². The van der Waals surface area contributed by atoms with Crippen LogP contribution in [0.5, 0.6) is 0 Å². The maximum Gasteiger partial charge on any atom is 0.407 e. The van der Waals surface area contributed by atoms with Crippen molar-refractivity contribution in [3.05, 3.63) is 33.8 Å². The van der Waals surface area contributed by atoms with Crippen LogP contribution in [0.3, 0.4) is 0 Å². The highest BCUT2D eigenvalue weighted by Gasteiger charge is 2.48. The number of rotatable bonds is 4. The summed E-state index contributed by atoms with van der Waals surface area (Å²) in [5.74, 6) is -0.0748. The zero-order valence-corrected chi connectivity index (χ0v) is 21.1. The average Bonchev–Trinajstić information content (AvgIpc) is 3.38. The number of likely N-dealkylation sites (tertiary alicyclic amines) is 2. The molecule has 3 aliphatic rings. The second-order valence-electron chi connectivity index (χ2n) is 9.61. The maximum atomic E-state index is 13.3. The molecule has 0 aromatic heterocycles. The smallest absolute Gasteiger partial charge is 0.407 e. The molecule has 7 nitrogen and oxygen atoms in total. The molecule has 1 N–H and O–H groups in total. The number of hydrogen-bond acceptors (Lipinski definition) is 3. The van der Waals surface area contributed by atoms with Crippen molar-refractivity contribution in [3.63, 3.8) is 0 Å². The molecule has 2 atom stereocenters. The van der Waals surface area contributed by atoms with Crippen molar-refractivity contribution in [1.82, 2.24) is 14.7 Å². The van der Waals surface area contributed by atoms with E-state index in [1.165, 1.54) is 11.9 Å². The summed E-state index contributed by atoms with van der Waals surface area (Å²) in [6.07, 6.45) is 2.16. The van der Waals surface area contributed by atoms with Crippen molar-refractivity contribution in [3.8, 4) is 0 Å². The molecule has 0 bridgehead atoms. The Balaban J connectivity index is 0.00000306. The average molecular weight is 519 g/mol. The van der Waals surface area contributed by atoms with Gasteiger partial charge in [-0.15, -0.1) is 12.4 Å². The van der Waals surface area contributed by atoms with Crippen LogP contribution in [-0.4, -0.2) is 77.0 Å². The number of carbonyl (C=O) groups is 3. The first-order valence-corrected chi connectivity index (χ1v) is 11.8. The van der Waals surface area contributed by atoms with Gasteiger partial charge in [-0.2, -0.15) is 0 Å². The lowest BCUT2D eigenvalue weighted by molar-refractivity contribution is -0.142. The monoisotopic (exact) mass is 517 g/mol. The van der Waals surface area contributed by atoms with Gasteiger partial charge in [0.25, 0.3) is 0 Å². The number of carbonyl (C=O) groups excluding carboxylic acids is 2. The zero-order valence-electron chi connectivity index (χ0n) is 18.8. The Labute approximate surface area is 210 Å². The lowest BCUT2D eigenvalue weighted by Crippen LogP contribution is -2.46. The molecule has 2 heterocycles. The first-order chi connectivity index (χ1) is 15.1. The number of amides is 3. The number of halogens is 3. The Morgan fingerprint density at radius 2 is 1.70 bits per heavy atom. The molecule has 1 aromatic carbocycles.